The third-order valence-corrected chi connectivity index (χ3v) is 3.03. The Bertz CT molecular complexity index is 355. The molecule has 0 aromatic rings. The number of carboxylic acids is 1. The Morgan fingerprint density at radius 3 is 2.30 bits per heavy atom. The molecule has 0 aliphatic carbocycles. The van der Waals surface area contributed by atoms with Gasteiger partial charge in [0.05, 0.1) is 6.10 Å². The minimum absolute atomic E-state index is 0.282. The SMILES string of the molecule is CC(C)N(C(=O)OC(C)(C)C)C(C(=O)O)C1CCCO1. The molecule has 0 aromatic carbocycles. The summed E-state index contributed by atoms with van der Waals surface area (Å²) in [6, 6.07) is -1.29. The van der Waals surface area contributed by atoms with Gasteiger partial charge in [-0.2, -0.15) is 0 Å². The molecule has 1 heterocycles. The molecular formula is C14H25NO5. The first-order valence-corrected chi connectivity index (χ1v) is 6.99. The highest BCUT2D eigenvalue weighted by Crippen LogP contribution is 2.23. The zero-order chi connectivity index (χ0) is 15.5. The van der Waals surface area contributed by atoms with Gasteiger partial charge in [-0.15, -0.1) is 0 Å². The second-order valence-corrected chi connectivity index (χ2v) is 6.32. The Hall–Kier alpha value is -1.30. The molecule has 6 nitrogen and oxygen atoms in total. The van der Waals surface area contributed by atoms with Crippen LogP contribution in [0.2, 0.25) is 0 Å². The molecule has 2 unspecified atom stereocenters. The number of carbonyl (C=O) groups is 2. The van der Waals surface area contributed by atoms with Crippen LogP contribution in [0.3, 0.4) is 0 Å². The van der Waals surface area contributed by atoms with Crippen LogP contribution in [0.25, 0.3) is 0 Å². The highest BCUT2D eigenvalue weighted by atomic mass is 16.6. The van der Waals surface area contributed by atoms with E-state index in [2.05, 4.69) is 0 Å². The number of hydrogen-bond donors (Lipinski definition) is 1. The van der Waals surface area contributed by atoms with Gasteiger partial charge in [0.25, 0.3) is 0 Å². The van der Waals surface area contributed by atoms with Crippen LogP contribution in [0.15, 0.2) is 0 Å². The van der Waals surface area contributed by atoms with E-state index in [1.807, 2.05) is 0 Å². The van der Waals surface area contributed by atoms with Crippen molar-refractivity contribution < 1.29 is 24.2 Å². The Kier molecular flexibility index (Phi) is 5.39. The van der Waals surface area contributed by atoms with E-state index in [0.717, 1.165) is 6.42 Å². The van der Waals surface area contributed by atoms with Gasteiger partial charge in [-0.1, -0.05) is 0 Å². The van der Waals surface area contributed by atoms with E-state index in [4.69, 9.17) is 9.47 Å². The van der Waals surface area contributed by atoms with Gasteiger partial charge >= 0.3 is 12.1 Å². The predicted octanol–water partition coefficient (Wildman–Crippen LogP) is 2.26. The average Bonchev–Trinajstić information content (AvgIpc) is 2.74. The Morgan fingerprint density at radius 1 is 1.35 bits per heavy atom. The van der Waals surface area contributed by atoms with E-state index in [9.17, 15) is 14.7 Å². The number of amides is 1. The van der Waals surface area contributed by atoms with Gasteiger partial charge < -0.3 is 14.6 Å². The summed E-state index contributed by atoms with van der Waals surface area (Å²) in [5.74, 6) is -1.06. The molecular weight excluding hydrogens is 262 g/mol. The maximum absolute atomic E-state index is 12.3. The number of rotatable bonds is 4. The van der Waals surface area contributed by atoms with Crippen molar-refractivity contribution in [3.63, 3.8) is 0 Å². The number of ether oxygens (including phenoxy) is 2. The van der Waals surface area contributed by atoms with Crippen molar-refractivity contribution >= 4 is 12.1 Å². The van der Waals surface area contributed by atoms with Crippen molar-refractivity contribution in [2.24, 2.45) is 0 Å². The van der Waals surface area contributed by atoms with Crippen LogP contribution in [0.5, 0.6) is 0 Å². The molecule has 116 valence electrons. The summed E-state index contributed by atoms with van der Waals surface area (Å²) >= 11 is 0. The lowest BCUT2D eigenvalue weighted by Gasteiger charge is -2.36. The molecule has 1 N–H and O–H groups in total. The van der Waals surface area contributed by atoms with Crippen LogP contribution < -0.4 is 0 Å². The second-order valence-electron chi connectivity index (χ2n) is 6.32. The van der Waals surface area contributed by atoms with E-state index in [1.54, 1.807) is 34.6 Å². The zero-order valence-corrected chi connectivity index (χ0v) is 12.9. The fourth-order valence-corrected chi connectivity index (χ4v) is 2.27. The molecule has 1 aliphatic heterocycles. The van der Waals surface area contributed by atoms with Crippen molar-refractivity contribution in [1.29, 1.82) is 0 Å². The summed E-state index contributed by atoms with van der Waals surface area (Å²) in [4.78, 5) is 25.1. The van der Waals surface area contributed by atoms with Crippen LogP contribution in [-0.2, 0) is 14.3 Å². The second kappa shape index (κ2) is 6.43. The zero-order valence-electron chi connectivity index (χ0n) is 12.9. The van der Waals surface area contributed by atoms with E-state index in [-0.39, 0.29) is 6.04 Å². The largest absolute Gasteiger partial charge is 0.480 e. The minimum atomic E-state index is -1.06. The molecule has 1 amide bonds. The van der Waals surface area contributed by atoms with Gasteiger partial charge in [-0.3, -0.25) is 4.90 Å². The quantitative estimate of drug-likeness (QED) is 0.858. The molecule has 0 spiro atoms. The third-order valence-electron chi connectivity index (χ3n) is 3.03. The Labute approximate surface area is 120 Å². The van der Waals surface area contributed by atoms with E-state index in [1.165, 1.54) is 4.90 Å². The fraction of sp³-hybridized carbons (Fsp3) is 0.857. The topological polar surface area (TPSA) is 76.1 Å². The van der Waals surface area contributed by atoms with Crippen molar-refractivity contribution in [3.8, 4) is 0 Å². The number of carboxylic acid groups (broad SMARTS) is 1. The minimum Gasteiger partial charge on any atom is -0.480 e. The van der Waals surface area contributed by atoms with Crippen LogP contribution in [0, 0.1) is 0 Å². The van der Waals surface area contributed by atoms with Gasteiger partial charge in [0.2, 0.25) is 0 Å². The Balaban J connectivity index is 2.96. The number of aliphatic carboxylic acids is 1. The highest BCUT2D eigenvalue weighted by Gasteiger charge is 2.41. The summed E-state index contributed by atoms with van der Waals surface area (Å²) in [5.41, 5.74) is -0.663. The number of carbonyl (C=O) groups excluding carboxylic acids is 1. The lowest BCUT2D eigenvalue weighted by atomic mass is 10.1. The van der Waals surface area contributed by atoms with E-state index in [0.29, 0.717) is 13.0 Å². The normalized spacial score (nSPS) is 20.8. The average molecular weight is 287 g/mol. The summed E-state index contributed by atoms with van der Waals surface area (Å²) in [6.07, 6.45) is 0.371. The van der Waals surface area contributed by atoms with Crippen molar-refractivity contribution in [1.82, 2.24) is 4.90 Å². The van der Waals surface area contributed by atoms with Gasteiger partial charge in [-0.25, -0.2) is 9.59 Å². The maximum Gasteiger partial charge on any atom is 0.411 e. The van der Waals surface area contributed by atoms with Crippen LogP contribution in [0.1, 0.15) is 47.5 Å². The lowest BCUT2D eigenvalue weighted by Crippen LogP contribution is -2.55. The molecule has 0 aromatic heterocycles. The molecule has 20 heavy (non-hydrogen) atoms. The third kappa shape index (κ3) is 4.37. The molecule has 1 rings (SSSR count). The first-order valence-electron chi connectivity index (χ1n) is 6.99. The molecule has 1 aliphatic rings. The molecule has 0 bridgehead atoms. The molecule has 2 atom stereocenters. The van der Waals surface area contributed by atoms with Crippen LogP contribution >= 0.6 is 0 Å². The van der Waals surface area contributed by atoms with Crippen LogP contribution in [-0.4, -0.2) is 52.5 Å². The Morgan fingerprint density at radius 2 is 1.95 bits per heavy atom. The van der Waals surface area contributed by atoms with Gasteiger partial charge in [0.1, 0.15) is 5.60 Å². The predicted molar refractivity (Wildman–Crippen MR) is 73.6 cm³/mol. The number of nitrogens with zero attached hydrogens (tertiary/aromatic N) is 1. The smallest absolute Gasteiger partial charge is 0.411 e. The van der Waals surface area contributed by atoms with Crippen molar-refractivity contribution in [3.05, 3.63) is 0 Å². The summed E-state index contributed by atoms with van der Waals surface area (Å²) in [6.45, 7) is 9.35. The molecule has 6 heteroatoms. The maximum atomic E-state index is 12.3. The van der Waals surface area contributed by atoms with E-state index < -0.39 is 29.8 Å². The first-order chi connectivity index (χ1) is 9.13. The van der Waals surface area contributed by atoms with Crippen molar-refractivity contribution in [2.75, 3.05) is 6.61 Å². The van der Waals surface area contributed by atoms with E-state index >= 15 is 0 Å². The fourth-order valence-electron chi connectivity index (χ4n) is 2.27. The summed E-state index contributed by atoms with van der Waals surface area (Å²) in [5, 5.41) is 9.47. The van der Waals surface area contributed by atoms with Gasteiger partial charge in [-0.05, 0) is 47.5 Å². The lowest BCUT2D eigenvalue weighted by molar-refractivity contribution is -0.149. The molecule has 1 saturated heterocycles. The molecule has 1 fully saturated rings. The van der Waals surface area contributed by atoms with Gasteiger partial charge in [0.15, 0.2) is 6.04 Å². The van der Waals surface area contributed by atoms with Crippen LogP contribution in [0.4, 0.5) is 4.79 Å². The first kappa shape index (κ1) is 16.8. The monoisotopic (exact) mass is 287 g/mol. The van der Waals surface area contributed by atoms with Crippen molar-refractivity contribution in [2.45, 2.75) is 71.2 Å². The summed E-state index contributed by atoms with van der Waals surface area (Å²) in [7, 11) is 0. The molecule has 0 radical (unpaired) electrons. The number of hydrogen-bond acceptors (Lipinski definition) is 4. The highest BCUT2D eigenvalue weighted by molar-refractivity contribution is 5.81. The summed E-state index contributed by atoms with van der Waals surface area (Å²) < 4.78 is 10.8. The molecule has 0 saturated carbocycles. The standard InChI is InChI=1S/C14H25NO5/c1-9(2)15(13(18)20-14(3,4)5)11(12(16)17)10-7-6-8-19-10/h9-11H,6-8H2,1-5H3,(H,16,17). The van der Waals surface area contributed by atoms with Gasteiger partial charge in [0, 0.05) is 12.6 Å².